The minimum atomic E-state index is 0.655. The van der Waals surface area contributed by atoms with Gasteiger partial charge in [0.25, 0.3) is 0 Å². The highest BCUT2D eigenvalue weighted by molar-refractivity contribution is 5.38. The van der Waals surface area contributed by atoms with Gasteiger partial charge >= 0.3 is 0 Å². The van der Waals surface area contributed by atoms with Gasteiger partial charge in [0.1, 0.15) is 0 Å². The first-order valence-electron chi connectivity index (χ1n) is 6.88. The van der Waals surface area contributed by atoms with Crippen molar-refractivity contribution in [1.82, 2.24) is 19.9 Å². The van der Waals surface area contributed by atoms with E-state index in [1.54, 1.807) is 7.11 Å². The minimum Gasteiger partial charge on any atom is -0.382 e. The third-order valence-corrected chi connectivity index (χ3v) is 2.89. The summed E-state index contributed by atoms with van der Waals surface area (Å²) in [5, 5.41) is 7.73. The lowest BCUT2D eigenvalue weighted by molar-refractivity contribution is 0.0695. The topological polar surface area (TPSA) is 60.7 Å². The lowest BCUT2D eigenvalue weighted by Gasteiger charge is -2.06. The quantitative estimate of drug-likeness (QED) is 0.698. The number of nitrogens with zero attached hydrogens (tertiary/aromatic N) is 3. The van der Waals surface area contributed by atoms with Crippen LogP contribution in [-0.4, -0.2) is 48.1 Å². The summed E-state index contributed by atoms with van der Waals surface area (Å²) in [7, 11) is 1.68. The van der Waals surface area contributed by atoms with Crippen LogP contribution < -0.4 is 5.32 Å². The van der Waals surface area contributed by atoms with Gasteiger partial charge in [0.2, 0.25) is 0 Å². The number of ether oxygens (including phenoxy) is 2. The second-order valence-electron chi connectivity index (χ2n) is 4.69. The Balaban J connectivity index is 1.65. The van der Waals surface area contributed by atoms with E-state index in [-0.39, 0.29) is 0 Å². The van der Waals surface area contributed by atoms with Crippen molar-refractivity contribution in [1.29, 1.82) is 0 Å². The first kappa shape index (κ1) is 14.9. The van der Waals surface area contributed by atoms with Crippen LogP contribution in [0.2, 0.25) is 0 Å². The number of aromatic nitrogens is 3. The molecule has 0 unspecified atom stereocenters. The predicted octanol–water partition coefficient (Wildman–Crippen LogP) is 1.18. The second kappa shape index (κ2) is 7.94. The van der Waals surface area contributed by atoms with Gasteiger partial charge < -0.3 is 14.8 Å². The second-order valence-corrected chi connectivity index (χ2v) is 4.69. The maximum Gasteiger partial charge on any atom is 0.155 e. The van der Waals surface area contributed by atoms with Crippen LogP contribution >= 0.6 is 0 Å². The Morgan fingerprint density at radius 3 is 3.05 bits per heavy atom. The van der Waals surface area contributed by atoms with Crippen molar-refractivity contribution in [2.24, 2.45) is 0 Å². The number of fused-ring (bicyclic) bond motifs is 1. The number of hydrogen-bond acceptors (Lipinski definition) is 5. The van der Waals surface area contributed by atoms with Gasteiger partial charge in [-0.15, -0.1) is 0 Å². The first-order valence-corrected chi connectivity index (χ1v) is 6.88. The molecular weight excluding hydrogens is 256 g/mol. The van der Waals surface area contributed by atoms with Crippen molar-refractivity contribution in [2.45, 2.75) is 19.9 Å². The molecule has 0 aromatic carbocycles. The van der Waals surface area contributed by atoms with Gasteiger partial charge in [0, 0.05) is 44.3 Å². The SMILES string of the molecule is COCCOCCCNCc1cnc2cc(C)nn2c1. The molecule has 6 nitrogen and oxygen atoms in total. The average molecular weight is 278 g/mol. The summed E-state index contributed by atoms with van der Waals surface area (Å²) >= 11 is 0. The van der Waals surface area contributed by atoms with Crippen LogP contribution in [0.1, 0.15) is 17.7 Å². The molecule has 2 rings (SSSR count). The van der Waals surface area contributed by atoms with E-state index >= 15 is 0 Å². The fraction of sp³-hybridized carbons (Fsp3) is 0.571. The molecule has 0 bridgehead atoms. The molecule has 0 amide bonds. The van der Waals surface area contributed by atoms with Crippen molar-refractivity contribution in [2.75, 3.05) is 33.5 Å². The van der Waals surface area contributed by atoms with Gasteiger partial charge in [0.05, 0.1) is 18.9 Å². The highest BCUT2D eigenvalue weighted by Gasteiger charge is 2.00. The van der Waals surface area contributed by atoms with E-state index in [0.717, 1.165) is 43.0 Å². The molecule has 0 saturated heterocycles. The van der Waals surface area contributed by atoms with E-state index in [1.165, 1.54) is 0 Å². The smallest absolute Gasteiger partial charge is 0.155 e. The summed E-state index contributed by atoms with van der Waals surface area (Å²) in [6, 6.07) is 1.97. The van der Waals surface area contributed by atoms with Crippen LogP contribution in [0.15, 0.2) is 18.5 Å². The van der Waals surface area contributed by atoms with Gasteiger partial charge in [-0.3, -0.25) is 0 Å². The maximum atomic E-state index is 5.40. The van der Waals surface area contributed by atoms with Gasteiger partial charge in [-0.05, 0) is 19.9 Å². The van der Waals surface area contributed by atoms with Gasteiger partial charge in [-0.1, -0.05) is 0 Å². The summed E-state index contributed by atoms with van der Waals surface area (Å²) in [6.07, 6.45) is 4.89. The Kier molecular flexibility index (Phi) is 5.91. The highest BCUT2D eigenvalue weighted by atomic mass is 16.5. The Bertz CT molecular complexity index is 527. The number of aryl methyl sites for hydroxylation is 1. The van der Waals surface area contributed by atoms with Crippen molar-refractivity contribution in [3.63, 3.8) is 0 Å². The highest BCUT2D eigenvalue weighted by Crippen LogP contribution is 2.04. The molecule has 2 aromatic heterocycles. The molecule has 6 heteroatoms. The predicted molar refractivity (Wildman–Crippen MR) is 76.7 cm³/mol. The lowest BCUT2D eigenvalue weighted by Crippen LogP contribution is -2.17. The zero-order chi connectivity index (χ0) is 14.2. The van der Waals surface area contributed by atoms with Crippen molar-refractivity contribution in [3.8, 4) is 0 Å². The molecule has 0 aliphatic rings. The van der Waals surface area contributed by atoms with E-state index in [4.69, 9.17) is 9.47 Å². The Hall–Kier alpha value is -1.50. The van der Waals surface area contributed by atoms with Crippen molar-refractivity contribution in [3.05, 3.63) is 29.7 Å². The van der Waals surface area contributed by atoms with Crippen LogP contribution in [0.3, 0.4) is 0 Å². The molecule has 0 atom stereocenters. The third-order valence-electron chi connectivity index (χ3n) is 2.89. The van der Waals surface area contributed by atoms with E-state index in [1.807, 2.05) is 29.9 Å². The van der Waals surface area contributed by atoms with E-state index < -0.39 is 0 Å². The molecule has 0 radical (unpaired) electrons. The molecule has 0 fully saturated rings. The molecule has 2 heterocycles. The maximum absolute atomic E-state index is 5.40. The standard InChI is InChI=1S/C14H22N4O2/c1-12-8-14-16-10-13(11-18(14)17-12)9-15-4-3-5-20-7-6-19-2/h8,10-11,15H,3-7,9H2,1-2H3. The Morgan fingerprint density at radius 2 is 2.20 bits per heavy atom. The fourth-order valence-electron chi connectivity index (χ4n) is 1.90. The third kappa shape index (κ3) is 4.56. The summed E-state index contributed by atoms with van der Waals surface area (Å²) in [4.78, 5) is 4.37. The van der Waals surface area contributed by atoms with Gasteiger partial charge in [0.15, 0.2) is 5.65 Å². The zero-order valence-electron chi connectivity index (χ0n) is 12.1. The van der Waals surface area contributed by atoms with E-state index in [0.29, 0.717) is 13.2 Å². The molecule has 2 aromatic rings. The first-order chi connectivity index (χ1) is 9.79. The average Bonchev–Trinajstić information content (AvgIpc) is 2.81. The van der Waals surface area contributed by atoms with E-state index in [2.05, 4.69) is 15.4 Å². The molecule has 0 spiro atoms. The largest absolute Gasteiger partial charge is 0.382 e. The number of nitrogens with one attached hydrogen (secondary N) is 1. The molecule has 0 aliphatic heterocycles. The lowest BCUT2D eigenvalue weighted by atomic mass is 10.3. The summed E-state index contributed by atoms with van der Waals surface area (Å²) < 4.78 is 12.1. The Labute approximate surface area is 119 Å². The summed E-state index contributed by atoms with van der Waals surface area (Å²) in [5.74, 6) is 0. The molecular formula is C14H22N4O2. The Morgan fingerprint density at radius 1 is 1.30 bits per heavy atom. The monoisotopic (exact) mass is 278 g/mol. The zero-order valence-corrected chi connectivity index (χ0v) is 12.1. The van der Waals surface area contributed by atoms with Gasteiger partial charge in [-0.25, -0.2) is 9.50 Å². The molecule has 110 valence electrons. The van der Waals surface area contributed by atoms with Gasteiger partial charge in [-0.2, -0.15) is 5.10 Å². The normalized spacial score (nSPS) is 11.3. The summed E-state index contributed by atoms with van der Waals surface area (Å²) in [6.45, 7) is 5.75. The fourth-order valence-corrected chi connectivity index (χ4v) is 1.90. The number of methoxy groups -OCH3 is 1. The number of rotatable bonds is 9. The van der Waals surface area contributed by atoms with E-state index in [9.17, 15) is 0 Å². The molecule has 1 N–H and O–H groups in total. The van der Waals surface area contributed by atoms with Crippen LogP contribution in [0.5, 0.6) is 0 Å². The molecule has 0 aliphatic carbocycles. The summed E-state index contributed by atoms with van der Waals surface area (Å²) in [5.41, 5.74) is 2.99. The van der Waals surface area contributed by atoms with Crippen molar-refractivity contribution >= 4 is 5.65 Å². The molecule has 20 heavy (non-hydrogen) atoms. The van der Waals surface area contributed by atoms with Crippen molar-refractivity contribution < 1.29 is 9.47 Å². The van der Waals surface area contributed by atoms with Crippen LogP contribution in [0.4, 0.5) is 0 Å². The van der Waals surface area contributed by atoms with Crippen LogP contribution in [0.25, 0.3) is 5.65 Å². The molecule has 0 saturated carbocycles. The number of hydrogen-bond donors (Lipinski definition) is 1. The minimum absolute atomic E-state index is 0.655. The van der Waals surface area contributed by atoms with Crippen LogP contribution in [0, 0.1) is 6.92 Å². The van der Waals surface area contributed by atoms with Crippen LogP contribution in [-0.2, 0) is 16.0 Å².